The van der Waals surface area contributed by atoms with E-state index >= 15 is 0 Å². The number of amides is 1. The summed E-state index contributed by atoms with van der Waals surface area (Å²) in [6.07, 6.45) is 3.47. The number of nitrogens with zero attached hydrogens (tertiary/aromatic N) is 1. The van der Waals surface area contributed by atoms with Crippen molar-refractivity contribution in [3.05, 3.63) is 90.3 Å². The number of alkyl carbamates (subject to hydrolysis) is 1. The Morgan fingerprint density at radius 1 is 0.837 bits per heavy atom. The first-order chi connectivity index (χ1) is 20.0. The second kappa shape index (κ2) is 14.3. The number of carbonyl (C=O) groups excluding carboxylic acids is 1. The van der Waals surface area contributed by atoms with Crippen LogP contribution >= 0.6 is 0 Å². The standard InChI is InChI=1S/C35H48N2O5Si/c1-34(2,3)41-33(40)37-30(23-25-12-10-9-11-13-25)31(42-43(7,8)35(4,5)6)24-29(32(38)39)22-26-14-16-27(17-15-26)28-18-20-36-21-19-28/h9-21,29-31H,22-24H2,1-8H3,(H,37,40)(H,38,39)/t29-,30+,31+/m1/s1. The fourth-order valence-corrected chi connectivity index (χ4v) is 6.04. The zero-order valence-electron chi connectivity index (χ0n) is 26.9. The summed E-state index contributed by atoms with van der Waals surface area (Å²) in [5.74, 6) is -1.61. The highest BCUT2D eigenvalue weighted by Gasteiger charge is 2.42. The van der Waals surface area contributed by atoms with Crippen LogP contribution in [-0.4, -0.2) is 48.2 Å². The third-order valence-corrected chi connectivity index (χ3v) is 12.5. The molecule has 0 fully saturated rings. The third kappa shape index (κ3) is 10.6. The molecule has 0 bridgehead atoms. The molecule has 0 aliphatic heterocycles. The molecule has 8 heteroatoms. The van der Waals surface area contributed by atoms with E-state index in [0.29, 0.717) is 12.8 Å². The minimum atomic E-state index is -2.37. The molecule has 232 valence electrons. The van der Waals surface area contributed by atoms with E-state index in [1.54, 1.807) is 12.4 Å². The highest BCUT2D eigenvalue weighted by molar-refractivity contribution is 6.74. The van der Waals surface area contributed by atoms with Gasteiger partial charge in [0.2, 0.25) is 0 Å². The van der Waals surface area contributed by atoms with Crippen LogP contribution in [0, 0.1) is 5.92 Å². The molecule has 0 spiro atoms. The van der Waals surface area contributed by atoms with Crippen molar-refractivity contribution in [1.29, 1.82) is 0 Å². The van der Waals surface area contributed by atoms with Crippen molar-refractivity contribution < 1.29 is 23.9 Å². The first kappa shape index (κ1) is 34.0. The summed E-state index contributed by atoms with van der Waals surface area (Å²) in [7, 11) is -2.37. The Morgan fingerprint density at radius 2 is 1.40 bits per heavy atom. The van der Waals surface area contributed by atoms with Crippen molar-refractivity contribution in [3.8, 4) is 11.1 Å². The Morgan fingerprint density at radius 3 is 1.93 bits per heavy atom. The molecular formula is C35H48N2O5Si. The van der Waals surface area contributed by atoms with Gasteiger partial charge < -0.3 is 19.6 Å². The second-order valence-corrected chi connectivity index (χ2v) is 18.5. The molecule has 43 heavy (non-hydrogen) atoms. The zero-order chi connectivity index (χ0) is 31.8. The quantitative estimate of drug-likeness (QED) is 0.204. The fourth-order valence-electron chi connectivity index (χ4n) is 4.67. The van der Waals surface area contributed by atoms with Crippen molar-refractivity contribution in [1.82, 2.24) is 10.3 Å². The number of hydrogen-bond donors (Lipinski definition) is 2. The van der Waals surface area contributed by atoms with Gasteiger partial charge in [-0.05, 0) is 92.6 Å². The van der Waals surface area contributed by atoms with Crippen molar-refractivity contribution in [2.75, 3.05) is 0 Å². The van der Waals surface area contributed by atoms with Gasteiger partial charge in [0.25, 0.3) is 0 Å². The SMILES string of the molecule is CC(C)(C)OC(=O)N[C@@H](Cc1ccccc1)[C@H](C[C@@H](Cc1ccc(-c2ccncc2)cc1)C(=O)O)O[Si](C)(C)C(C)(C)C. The maximum atomic E-state index is 13.1. The monoisotopic (exact) mass is 604 g/mol. The third-order valence-electron chi connectivity index (χ3n) is 8.02. The minimum Gasteiger partial charge on any atom is -0.481 e. The van der Waals surface area contributed by atoms with Crippen LogP contribution < -0.4 is 5.32 Å². The average molecular weight is 605 g/mol. The number of carbonyl (C=O) groups is 2. The maximum Gasteiger partial charge on any atom is 0.407 e. The molecule has 0 unspecified atom stereocenters. The normalized spacial score (nSPS) is 14.4. The molecule has 0 aliphatic rings. The minimum absolute atomic E-state index is 0.115. The van der Waals surface area contributed by atoms with Gasteiger partial charge in [0.1, 0.15) is 5.60 Å². The zero-order valence-corrected chi connectivity index (χ0v) is 27.9. The van der Waals surface area contributed by atoms with Crippen molar-refractivity contribution in [2.24, 2.45) is 5.92 Å². The highest BCUT2D eigenvalue weighted by Crippen LogP contribution is 2.39. The topological polar surface area (TPSA) is 97.8 Å². The number of carboxylic acid groups (broad SMARTS) is 1. The van der Waals surface area contributed by atoms with E-state index in [0.717, 1.165) is 22.3 Å². The van der Waals surface area contributed by atoms with Crippen molar-refractivity contribution >= 4 is 20.4 Å². The number of hydrogen-bond acceptors (Lipinski definition) is 5. The lowest BCUT2D eigenvalue weighted by atomic mass is 9.89. The van der Waals surface area contributed by atoms with Gasteiger partial charge in [-0.15, -0.1) is 0 Å². The lowest BCUT2D eigenvalue weighted by molar-refractivity contribution is -0.142. The molecule has 1 aromatic heterocycles. The van der Waals surface area contributed by atoms with Crippen LogP contribution in [0.5, 0.6) is 0 Å². The van der Waals surface area contributed by atoms with Crippen molar-refractivity contribution in [2.45, 2.75) is 96.7 Å². The van der Waals surface area contributed by atoms with Crippen LogP contribution in [0.1, 0.15) is 59.1 Å². The number of carboxylic acids is 1. The molecule has 7 nitrogen and oxygen atoms in total. The summed E-state index contributed by atoms with van der Waals surface area (Å²) in [4.78, 5) is 29.9. The Kier molecular flexibility index (Phi) is 11.3. The molecular weight excluding hydrogens is 556 g/mol. The predicted octanol–water partition coefficient (Wildman–Crippen LogP) is 7.91. The lowest BCUT2D eigenvalue weighted by Gasteiger charge is -2.42. The maximum absolute atomic E-state index is 13.1. The van der Waals surface area contributed by atoms with Gasteiger partial charge in [0, 0.05) is 12.4 Å². The van der Waals surface area contributed by atoms with Gasteiger partial charge in [-0.25, -0.2) is 4.79 Å². The van der Waals surface area contributed by atoms with E-state index in [1.807, 2.05) is 87.5 Å². The van der Waals surface area contributed by atoms with Gasteiger partial charge in [0.05, 0.1) is 18.1 Å². The first-order valence-corrected chi connectivity index (χ1v) is 17.9. The summed E-state index contributed by atoms with van der Waals surface area (Å²) in [5, 5.41) is 13.4. The molecule has 3 aromatic rings. The Bertz CT molecular complexity index is 1320. The molecule has 1 amide bonds. The Balaban J connectivity index is 1.94. The van der Waals surface area contributed by atoms with Crippen LogP contribution in [0.4, 0.5) is 4.79 Å². The highest BCUT2D eigenvalue weighted by atomic mass is 28.4. The van der Waals surface area contributed by atoms with Crippen LogP contribution in [-0.2, 0) is 26.8 Å². The number of ether oxygens (including phenoxy) is 1. The molecule has 1 heterocycles. The Labute approximate surface area is 258 Å². The Hall–Kier alpha value is -3.49. The van der Waals surface area contributed by atoms with Crippen LogP contribution in [0.2, 0.25) is 18.1 Å². The number of pyridine rings is 1. The van der Waals surface area contributed by atoms with Gasteiger partial charge in [0.15, 0.2) is 8.32 Å². The number of rotatable bonds is 12. The molecule has 0 saturated carbocycles. The van der Waals surface area contributed by atoms with Gasteiger partial charge in [-0.2, -0.15) is 0 Å². The second-order valence-electron chi connectivity index (χ2n) is 13.8. The lowest BCUT2D eigenvalue weighted by Crippen LogP contribution is -2.54. The van der Waals surface area contributed by atoms with E-state index in [9.17, 15) is 14.7 Å². The van der Waals surface area contributed by atoms with E-state index in [4.69, 9.17) is 9.16 Å². The molecule has 0 radical (unpaired) electrons. The molecule has 3 rings (SSSR count). The smallest absolute Gasteiger partial charge is 0.407 e. The molecule has 0 aliphatic carbocycles. The summed E-state index contributed by atoms with van der Waals surface area (Å²) >= 11 is 0. The number of nitrogens with one attached hydrogen (secondary N) is 1. The summed E-state index contributed by atoms with van der Waals surface area (Å²) in [5.41, 5.74) is 3.36. The first-order valence-electron chi connectivity index (χ1n) is 15.0. The van der Waals surface area contributed by atoms with Gasteiger partial charge >= 0.3 is 12.1 Å². The molecule has 2 aromatic carbocycles. The van der Waals surface area contributed by atoms with Gasteiger partial charge in [-0.3, -0.25) is 9.78 Å². The van der Waals surface area contributed by atoms with E-state index < -0.39 is 44.0 Å². The van der Waals surface area contributed by atoms with E-state index in [2.05, 4.69) is 44.2 Å². The average Bonchev–Trinajstić information content (AvgIpc) is 2.91. The van der Waals surface area contributed by atoms with Gasteiger partial charge in [-0.1, -0.05) is 75.4 Å². The summed E-state index contributed by atoms with van der Waals surface area (Å²) in [6.45, 7) is 16.2. The predicted molar refractivity (Wildman–Crippen MR) is 174 cm³/mol. The molecule has 0 saturated heterocycles. The van der Waals surface area contributed by atoms with Crippen LogP contribution in [0.3, 0.4) is 0 Å². The fraction of sp³-hybridized carbons (Fsp3) is 0.457. The number of aromatic nitrogens is 1. The van der Waals surface area contributed by atoms with Crippen molar-refractivity contribution in [3.63, 3.8) is 0 Å². The summed E-state index contributed by atoms with van der Waals surface area (Å²) < 4.78 is 12.6. The number of aliphatic carboxylic acids is 1. The van der Waals surface area contributed by atoms with E-state index in [-0.39, 0.29) is 11.5 Å². The van der Waals surface area contributed by atoms with Crippen LogP contribution in [0.15, 0.2) is 79.1 Å². The largest absolute Gasteiger partial charge is 0.481 e. The number of benzene rings is 2. The van der Waals surface area contributed by atoms with E-state index in [1.165, 1.54) is 0 Å². The molecule has 2 N–H and O–H groups in total. The van der Waals surface area contributed by atoms with Crippen LogP contribution in [0.25, 0.3) is 11.1 Å². The molecule has 3 atom stereocenters. The summed E-state index contributed by atoms with van der Waals surface area (Å²) in [6, 6.07) is 21.3.